The van der Waals surface area contributed by atoms with Crippen LogP contribution in [-0.4, -0.2) is 36.9 Å². The molecule has 0 aliphatic heterocycles. The van der Waals surface area contributed by atoms with E-state index in [1.807, 2.05) is 25.1 Å². The summed E-state index contributed by atoms with van der Waals surface area (Å²) in [6.45, 7) is -0.685. The average Bonchev–Trinajstić information content (AvgIpc) is 3.21. The molecular formula is C14H14F2N6OS. The highest BCUT2D eigenvalue weighted by molar-refractivity contribution is 7.98. The molecule has 3 rings (SSSR count). The van der Waals surface area contributed by atoms with Gasteiger partial charge in [0.1, 0.15) is 17.3 Å². The molecule has 0 atom stereocenters. The predicted molar refractivity (Wildman–Crippen MR) is 83.5 cm³/mol. The molecular weight excluding hydrogens is 338 g/mol. The molecule has 3 aromatic rings. The van der Waals surface area contributed by atoms with E-state index >= 15 is 0 Å². The Kier molecular flexibility index (Phi) is 4.74. The average molecular weight is 352 g/mol. The lowest BCUT2D eigenvalue weighted by molar-refractivity contribution is 0.0678. The minimum Gasteiger partial charge on any atom is -0.494 e. The monoisotopic (exact) mass is 352 g/mol. The maximum atomic E-state index is 12.9. The number of alkyl halides is 2. The molecule has 0 amide bonds. The first-order chi connectivity index (χ1) is 11.6. The summed E-state index contributed by atoms with van der Waals surface area (Å²) in [5.41, 5.74) is 1.70. The number of rotatable bonds is 6. The fourth-order valence-electron chi connectivity index (χ4n) is 2.15. The van der Waals surface area contributed by atoms with Gasteiger partial charge in [-0.15, -0.1) is 5.10 Å². The third kappa shape index (κ3) is 3.23. The van der Waals surface area contributed by atoms with Crippen LogP contribution in [0.15, 0.2) is 35.7 Å². The molecule has 1 aromatic carbocycles. The first-order valence-electron chi connectivity index (χ1n) is 6.96. The molecule has 0 fully saturated rings. The van der Waals surface area contributed by atoms with E-state index in [2.05, 4.69) is 20.5 Å². The topological polar surface area (TPSA) is 70.7 Å². The normalized spacial score (nSPS) is 11.2. The molecule has 0 N–H and O–H groups in total. The molecule has 0 saturated heterocycles. The summed E-state index contributed by atoms with van der Waals surface area (Å²) >= 11 is 1.22. The number of thioether (sulfide) groups is 1. The zero-order valence-corrected chi connectivity index (χ0v) is 13.7. The van der Waals surface area contributed by atoms with Gasteiger partial charge in [0.05, 0.1) is 12.9 Å². The van der Waals surface area contributed by atoms with E-state index in [-0.39, 0.29) is 11.6 Å². The first kappa shape index (κ1) is 16.4. The molecule has 0 unspecified atom stereocenters. The molecule has 0 aliphatic carbocycles. The fraction of sp³-hybridized carbons (Fsp3) is 0.286. The van der Waals surface area contributed by atoms with Crippen molar-refractivity contribution >= 4 is 11.8 Å². The Hall–Kier alpha value is -2.49. The summed E-state index contributed by atoms with van der Waals surface area (Å²) in [6, 6.07) is 5.63. The Balaban J connectivity index is 1.86. The second-order valence-corrected chi connectivity index (χ2v) is 5.81. The second kappa shape index (κ2) is 6.95. The number of aryl methyl sites for hydroxylation is 1. The number of tetrazole rings is 1. The van der Waals surface area contributed by atoms with Gasteiger partial charge in [-0.25, -0.2) is 4.98 Å². The Labute approximate surface area is 140 Å². The van der Waals surface area contributed by atoms with Crippen LogP contribution in [0.1, 0.15) is 17.9 Å². The Morgan fingerprint density at radius 1 is 1.33 bits per heavy atom. The van der Waals surface area contributed by atoms with Gasteiger partial charge in [0.25, 0.3) is 0 Å². The fourth-order valence-corrected chi connectivity index (χ4v) is 2.98. The summed E-state index contributed by atoms with van der Waals surface area (Å²) in [4.78, 5) is 3.95. The highest BCUT2D eigenvalue weighted by Crippen LogP contribution is 2.28. The molecule has 2 heterocycles. The highest BCUT2D eigenvalue weighted by atomic mass is 32.2. The number of hydrogen-bond acceptors (Lipinski definition) is 6. The van der Waals surface area contributed by atoms with Crippen molar-refractivity contribution in [2.75, 3.05) is 7.11 Å². The van der Waals surface area contributed by atoms with Crippen LogP contribution in [0.4, 0.5) is 8.78 Å². The predicted octanol–water partition coefficient (Wildman–Crippen LogP) is 2.86. The van der Waals surface area contributed by atoms with Crippen LogP contribution < -0.4 is 4.74 Å². The van der Waals surface area contributed by atoms with Crippen molar-refractivity contribution in [3.05, 3.63) is 42.0 Å². The lowest BCUT2D eigenvalue weighted by atomic mass is 10.2. The summed E-state index contributed by atoms with van der Waals surface area (Å²) < 4.78 is 33.4. The number of nitrogens with zero attached hydrogens (tertiary/aromatic N) is 6. The van der Waals surface area contributed by atoms with Gasteiger partial charge < -0.3 is 4.74 Å². The van der Waals surface area contributed by atoms with Gasteiger partial charge in [-0.05, 0) is 35.0 Å². The molecule has 126 valence electrons. The number of halogens is 2. The van der Waals surface area contributed by atoms with E-state index in [0.29, 0.717) is 16.6 Å². The molecule has 0 aliphatic rings. The van der Waals surface area contributed by atoms with Crippen LogP contribution in [0.2, 0.25) is 0 Å². The number of methoxy groups -OCH3 is 1. The van der Waals surface area contributed by atoms with E-state index in [9.17, 15) is 8.78 Å². The molecule has 7 nitrogen and oxygen atoms in total. The number of benzene rings is 1. The minimum atomic E-state index is -2.63. The molecule has 0 radical (unpaired) electrons. The van der Waals surface area contributed by atoms with E-state index < -0.39 is 6.55 Å². The van der Waals surface area contributed by atoms with Gasteiger partial charge >= 0.3 is 6.55 Å². The van der Waals surface area contributed by atoms with Gasteiger partial charge in [0, 0.05) is 12.4 Å². The van der Waals surface area contributed by atoms with Gasteiger partial charge in [0.2, 0.25) is 5.16 Å². The zero-order chi connectivity index (χ0) is 17.1. The van der Waals surface area contributed by atoms with Crippen molar-refractivity contribution < 1.29 is 13.5 Å². The third-order valence-corrected chi connectivity index (χ3v) is 4.21. The third-order valence-electron chi connectivity index (χ3n) is 3.29. The van der Waals surface area contributed by atoms with Crippen LogP contribution in [0.3, 0.4) is 0 Å². The first-order valence-corrected chi connectivity index (χ1v) is 7.94. The maximum Gasteiger partial charge on any atom is 0.319 e. The van der Waals surface area contributed by atoms with E-state index in [1.54, 1.807) is 7.11 Å². The van der Waals surface area contributed by atoms with E-state index in [0.717, 1.165) is 10.1 Å². The Morgan fingerprint density at radius 2 is 2.17 bits per heavy atom. The zero-order valence-electron chi connectivity index (χ0n) is 12.9. The van der Waals surface area contributed by atoms with Crippen molar-refractivity contribution in [1.29, 1.82) is 0 Å². The summed E-state index contributed by atoms with van der Waals surface area (Å²) in [7, 11) is 1.56. The van der Waals surface area contributed by atoms with Crippen LogP contribution in [0.25, 0.3) is 5.69 Å². The molecule has 24 heavy (non-hydrogen) atoms. The smallest absolute Gasteiger partial charge is 0.319 e. The van der Waals surface area contributed by atoms with Crippen LogP contribution in [0.5, 0.6) is 5.75 Å². The number of hydrogen-bond donors (Lipinski definition) is 0. The summed E-state index contributed by atoms with van der Waals surface area (Å²) in [6.07, 6.45) is 2.59. The largest absolute Gasteiger partial charge is 0.494 e. The molecule has 0 spiro atoms. The maximum absolute atomic E-state index is 12.9. The van der Waals surface area contributed by atoms with Crippen molar-refractivity contribution in [3.8, 4) is 11.4 Å². The van der Waals surface area contributed by atoms with Gasteiger partial charge in [-0.2, -0.15) is 13.5 Å². The van der Waals surface area contributed by atoms with Crippen LogP contribution in [0, 0.1) is 6.92 Å². The standard InChI is InChI=1S/C14H14F2N6OS/c1-9-3-4-11(23-2)10(7-9)22-14(18-19-20-22)24-8-12-17-5-6-21(12)13(15)16/h3-7,13H,8H2,1-2H3. The molecule has 0 saturated carbocycles. The Morgan fingerprint density at radius 3 is 2.92 bits per heavy atom. The van der Waals surface area contributed by atoms with Crippen molar-refractivity contribution in [2.45, 2.75) is 24.4 Å². The lowest BCUT2D eigenvalue weighted by Crippen LogP contribution is -2.04. The SMILES string of the molecule is COc1ccc(C)cc1-n1nnnc1SCc1nccn1C(F)F. The molecule has 10 heteroatoms. The Bertz CT molecular complexity index is 834. The lowest BCUT2D eigenvalue weighted by Gasteiger charge is -2.10. The van der Waals surface area contributed by atoms with Crippen molar-refractivity contribution in [1.82, 2.24) is 29.8 Å². The number of ether oxygens (including phenoxy) is 1. The molecule has 0 bridgehead atoms. The van der Waals surface area contributed by atoms with E-state index in [1.165, 1.54) is 28.8 Å². The number of imidazole rings is 1. The van der Waals surface area contributed by atoms with Crippen LogP contribution in [-0.2, 0) is 5.75 Å². The second-order valence-electron chi connectivity index (χ2n) is 4.87. The van der Waals surface area contributed by atoms with Gasteiger partial charge in [-0.1, -0.05) is 17.8 Å². The quantitative estimate of drug-likeness (QED) is 0.635. The van der Waals surface area contributed by atoms with Gasteiger partial charge in [0.15, 0.2) is 0 Å². The summed E-state index contributed by atoms with van der Waals surface area (Å²) in [5.74, 6) is 1.08. The van der Waals surface area contributed by atoms with Crippen molar-refractivity contribution in [2.24, 2.45) is 0 Å². The highest BCUT2D eigenvalue weighted by Gasteiger charge is 2.16. The van der Waals surface area contributed by atoms with E-state index in [4.69, 9.17) is 4.74 Å². The number of aromatic nitrogens is 6. The minimum absolute atomic E-state index is 0.214. The van der Waals surface area contributed by atoms with Crippen molar-refractivity contribution in [3.63, 3.8) is 0 Å². The molecule has 2 aromatic heterocycles. The van der Waals surface area contributed by atoms with Gasteiger partial charge in [-0.3, -0.25) is 4.57 Å². The summed E-state index contributed by atoms with van der Waals surface area (Å²) in [5, 5.41) is 12.1. The van der Waals surface area contributed by atoms with Crippen LogP contribution >= 0.6 is 11.8 Å².